The molecule has 0 amide bonds. The van der Waals surface area contributed by atoms with Crippen molar-refractivity contribution >= 4 is 22.0 Å². The van der Waals surface area contributed by atoms with Crippen LogP contribution in [-0.2, 0) is 0 Å². The van der Waals surface area contributed by atoms with Crippen molar-refractivity contribution in [2.45, 2.75) is 0 Å². The number of nitrogens with one attached hydrogen (secondary N) is 1. The minimum absolute atomic E-state index is 0.122. The molecular weight excluding hydrogens is 252 g/mol. The molecule has 0 heterocycles. The molecule has 1 N–H and O–H groups in total. The Hall–Kier alpha value is -0.740. The molecule has 1 aromatic carbocycles. The third-order valence-electron chi connectivity index (χ3n) is 1.64. The molecular formula is C10H10BrF2N. The van der Waals surface area contributed by atoms with Crippen molar-refractivity contribution in [3.8, 4) is 0 Å². The van der Waals surface area contributed by atoms with Gasteiger partial charge in [-0.1, -0.05) is 12.2 Å². The number of benzene rings is 1. The molecule has 0 bridgehead atoms. The van der Waals surface area contributed by atoms with Crippen LogP contribution in [0, 0.1) is 11.6 Å². The fourth-order valence-corrected chi connectivity index (χ4v) is 1.21. The van der Waals surface area contributed by atoms with Crippen LogP contribution in [0.1, 0.15) is 5.56 Å². The first-order valence-electron chi connectivity index (χ1n) is 4.11. The summed E-state index contributed by atoms with van der Waals surface area (Å²) in [5, 5.41) is 2.89. The summed E-state index contributed by atoms with van der Waals surface area (Å²) >= 11 is 2.81. The van der Waals surface area contributed by atoms with Crippen LogP contribution < -0.4 is 5.32 Å². The quantitative estimate of drug-likeness (QED) is 0.826. The minimum atomic E-state index is -0.589. The molecule has 0 atom stereocenters. The maximum Gasteiger partial charge on any atom is 0.140 e. The monoisotopic (exact) mass is 261 g/mol. The molecule has 1 aromatic rings. The van der Waals surface area contributed by atoms with Gasteiger partial charge in [0.15, 0.2) is 0 Å². The molecule has 4 heteroatoms. The second-order valence-electron chi connectivity index (χ2n) is 2.76. The molecule has 0 aliphatic heterocycles. The Balaban J connectivity index is 2.89. The zero-order valence-corrected chi connectivity index (χ0v) is 9.24. The Labute approximate surface area is 90.0 Å². The highest BCUT2D eigenvalue weighted by atomic mass is 79.9. The van der Waals surface area contributed by atoms with Gasteiger partial charge in [0.25, 0.3) is 0 Å². The molecule has 0 saturated heterocycles. The smallest absolute Gasteiger partial charge is 0.140 e. The summed E-state index contributed by atoms with van der Waals surface area (Å²) in [5.74, 6) is -1.18. The lowest BCUT2D eigenvalue weighted by atomic mass is 10.2. The van der Waals surface area contributed by atoms with E-state index in [1.807, 2.05) is 0 Å². The molecule has 0 aromatic heterocycles. The second-order valence-corrected chi connectivity index (χ2v) is 3.55. The predicted molar refractivity (Wildman–Crippen MR) is 57.0 cm³/mol. The summed E-state index contributed by atoms with van der Waals surface area (Å²) in [6.07, 6.45) is 3.46. The molecule has 0 fully saturated rings. The zero-order chi connectivity index (χ0) is 10.6. The summed E-state index contributed by atoms with van der Waals surface area (Å²) in [4.78, 5) is 0. The van der Waals surface area contributed by atoms with Crippen LogP contribution in [0.3, 0.4) is 0 Å². The first kappa shape index (κ1) is 11.3. The fraction of sp³-hybridized carbons (Fsp3) is 0.200. The topological polar surface area (TPSA) is 12.0 Å². The largest absolute Gasteiger partial charge is 0.316 e. The molecule has 0 radical (unpaired) electrons. The minimum Gasteiger partial charge on any atom is -0.316 e. The first-order chi connectivity index (χ1) is 6.65. The van der Waals surface area contributed by atoms with E-state index in [2.05, 4.69) is 21.2 Å². The van der Waals surface area contributed by atoms with Crippen LogP contribution in [-0.4, -0.2) is 13.6 Å². The Morgan fingerprint density at radius 3 is 2.43 bits per heavy atom. The second kappa shape index (κ2) is 5.22. The van der Waals surface area contributed by atoms with E-state index in [4.69, 9.17) is 0 Å². The molecule has 0 aliphatic carbocycles. The van der Waals surface area contributed by atoms with E-state index in [1.165, 1.54) is 12.1 Å². The number of halogens is 3. The van der Waals surface area contributed by atoms with E-state index in [0.29, 0.717) is 12.1 Å². The normalized spacial score (nSPS) is 11.1. The lowest BCUT2D eigenvalue weighted by molar-refractivity contribution is 0.571. The van der Waals surface area contributed by atoms with Crippen LogP contribution in [0.25, 0.3) is 6.08 Å². The van der Waals surface area contributed by atoms with Gasteiger partial charge >= 0.3 is 0 Å². The van der Waals surface area contributed by atoms with Gasteiger partial charge in [0.1, 0.15) is 11.6 Å². The summed E-state index contributed by atoms with van der Waals surface area (Å²) in [7, 11) is 1.80. The third kappa shape index (κ3) is 2.89. The van der Waals surface area contributed by atoms with Gasteiger partial charge in [-0.05, 0) is 40.7 Å². The highest BCUT2D eigenvalue weighted by molar-refractivity contribution is 9.10. The molecule has 0 spiro atoms. The van der Waals surface area contributed by atoms with Gasteiger partial charge < -0.3 is 5.32 Å². The van der Waals surface area contributed by atoms with Crippen LogP contribution in [0.2, 0.25) is 0 Å². The van der Waals surface area contributed by atoms with E-state index in [0.717, 1.165) is 0 Å². The fourth-order valence-electron chi connectivity index (χ4n) is 0.984. The van der Waals surface area contributed by atoms with Crippen LogP contribution in [0.15, 0.2) is 22.7 Å². The van der Waals surface area contributed by atoms with Gasteiger partial charge in [-0.2, -0.15) is 0 Å². The van der Waals surface area contributed by atoms with Gasteiger partial charge in [0, 0.05) is 6.54 Å². The zero-order valence-electron chi connectivity index (χ0n) is 7.65. The molecule has 1 nitrogen and oxygen atoms in total. The average molecular weight is 262 g/mol. The van der Waals surface area contributed by atoms with Gasteiger partial charge in [-0.15, -0.1) is 0 Å². The predicted octanol–water partition coefficient (Wildman–Crippen LogP) is 2.96. The highest BCUT2D eigenvalue weighted by Gasteiger charge is 2.06. The Kier molecular flexibility index (Phi) is 4.22. The first-order valence-corrected chi connectivity index (χ1v) is 4.90. The Morgan fingerprint density at radius 1 is 1.36 bits per heavy atom. The van der Waals surface area contributed by atoms with Crippen molar-refractivity contribution in [2.75, 3.05) is 13.6 Å². The number of likely N-dealkylation sites (N-methyl/N-ethyl adjacent to an activating group) is 1. The van der Waals surface area contributed by atoms with Crippen molar-refractivity contribution in [3.05, 3.63) is 39.9 Å². The Morgan fingerprint density at radius 2 is 1.93 bits per heavy atom. The van der Waals surface area contributed by atoms with Crippen molar-refractivity contribution in [1.82, 2.24) is 5.32 Å². The standard InChI is InChI=1S/C10H10BrF2N/c1-14-4-2-3-7-5-8(12)10(11)9(13)6-7/h2-3,5-6,14H,4H2,1H3. The van der Waals surface area contributed by atoms with Gasteiger partial charge in [-0.3, -0.25) is 0 Å². The van der Waals surface area contributed by atoms with Crippen molar-refractivity contribution < 1.29 is 8.78 Å². The SMILES string of the molecule is CNCC=Cc1cc(F)c(Br)c(F)c1. The molecule has 1 rings (SSSR count). The van der Waals surface area contributed by atoms with Gasteiger partial charge in [0.2, 0.25) is 0 Å². The molecule has 0 saturated carbocycles. The maximum atomic E-state index is 13.0. The third-order valence-corrected chi connectivity index (χ3v) is 2.40. The van der Waals surface area contributed by atoms with Gasteiger partial charge in [0.05, 0.1) is 4.47 Å². The van der Waals surface area contributed by atoms with Crippen LogP contribution in [0.5, 0.6) is 0 Å². The number of hydrogen-bond acceptors (Lipinski definition) is 1. The lowest BCUT2D eigenvalue weighted by Crippen LogP contribution is -2.03. The van der Waals surface area contributed by atoms with E-state index in [-0.39, 0.29) is 4.47 Å². The number of rotatable bonds is 3. The van der Waals surface area contributed by atoms with E-state index in [9.17, 15) is 8.78 Å². The number of hydrogen-bond donors (Lipinski definition) is 1. The molecule has 14 heavy (non-hydrogen) atoms. The average Bonchev–Trinajstić information content (AvgIpc) is 2.14. The van der Waals surface area contributed by atoms with Crippen molar-refractivity contribution in [1.29, 1.82) is 0 Å². The highest BCUT2D eigenvalue weighted by Crippen LogP contribution is 2.21. The Bertz CT molecular complexity index is 327. The molecule has 76 valence electrons. The van der Waals surface area contributed by atoms with E-state index in [1.54, 1.807) is 19.2 Å². The lowest BCUT2D eigenvalue weighted by Gasteiger charge is -1.99. The summed E-state index contributed by atoms with van der Waals surface area (Å²) in [6.45, 7) is 0.666. The van der Waals surface area contributed by atoms with E-state index >= 15 is 0 Å². The maximum absolute atomic E-state index is 13.0. The van der Waals surface area contributed by atoms with E-state index < -0.39 is 11.6 Å². The van der Waals surface area contributed by atoms with Crippen molar-refractivity contribution in [3.63, 3.8) is 0 Å². The summed E-state index contributed by atoms with van der Waals surface area (Å²) < 4.78 is 25.9. The summed E-state index contributed by atoms with van der Waals surface area (Å²) in [5.41, 5.74) is 0.512. The van der Waals surface area contributed by atoms with Crippen molar-refractivity contribution in [2.24, 2.45) is 0 Å². The van der Waals surface area contributed by atoms with Gasteiger partial charge in [-0.25, -0.2) is 8.78 Å². The molecule has 0 aliphatic rings. The van der Waals surface area contributed by atoms with Crippen LogP contribution >= 0.6 is 15.9 Å². The molecule has 0 unspecified atom stereocenters. The van der Waals surface area contributed by atoms with Crippen LogP contribution in [0.4, 0.5) is 8.78 Å². The summed E-state index contributed by atoms with van der Waals surface area (Å²) in [6, 6.07) is 2.55.